The minimum Gasteiger partial charge on any atom is -0.309 e. The fourth-order valence-corrected chi connectivity index (χ4v) is 8.74. The van der Waals surface area contributed by atoms with Crippen LogP contribution in [-0.2, 0) is 0 Å². The molecule has 0 unspecified atom stereocenters. The number of benzene rings is 8. The maximum atomic E-state index is 10.2. The van der Waals surface area contributed by atoms with Gasteiger partial charge in [0.2, 0.25) is 0 Å². The molecule has 11 aromatic rings. The normalized spacial score (nSPS) is 11.6. The fourth-order valence-electron chi connectivity index (χ4n) is 8.74. The molecule has 0 saturated carbocycles. The fraction of sp³-hybridized carbons (Fsp3) is 0. The highest BCUT2D eigenvalue weighted by Crippen LogP contribution is 2.40. The molecule has 3 aromatic heterocycles. The lowest BCUT2D eigenvalue weighted by atomic mass is 10.0. The Bertz CT molecular complexity index is 3420. The Kier molecular flexibility index (Phi) is 6.61. The molecular formula is C50H29N5. The second-order valence-corrected chi connectivity index (χ2v) is 14.0. The van der Waals surface area contributed by atoms with Crippen molar-refractivity contribution >= 4 is 71.1 Å². The van der Waals surface area contributed by atoms with Crippen molar-refractivity contribution in [2.75, 3.05) is 0 Å². The van der Waals surface area contributed by atoms with Gasteiger partial charge in [0.05, 0.1) is 45.2 Å². The van der Waals surface area contributed by atoms with Gasteiger partial charge in [0.15, 0.2) is 5.69 Å². The Balaban J connectivity index is 1.10. The van der Waals surface area contributed by atoms with Gasteiger partial charge < -0.3 is 13.7 Å². The van der Waals surface area contributed by atoms with Crippen LogP contribution in [0.3, 0.4) is 0 Å². The van der Waals surface area contributed by atoms with E-state index in [2.05, 4.69) is 164 Å². The van der Waals surface area contributed by atoms with Crippen LogP contribution in [0.1, 0.15) is 5.56 Å². The molecule has 0 aliphatic carbocycles. The number of hydrogen-bond acceptors (Lipinski definition) is 1. The first-order valence-electron chi connectivity index (χ1n) is 18.3. The molecule has 0 amide bonds. The number of para-hydroxylation sites is 5. The van der Waals surface area contributed by atoms with Crippen LogP contribution in [0.4, 0.5) is 5.69 Å². The smallest absolute Gasteiger partial charge is 0.189 e. The summed E-state index contributed by atoms with van der Waals surface area (Å²) in [6.07, 6.45) is 0. The number of hydrogen-bond donors (Lipinski definition) is 0. The van der Waals surface area contributed by atoms with Crippen LogP contribution in [0.5, 0.6) is 0 Å². The predicted octanol–water partition coefficient (Wildman–Crippen LogP) is 13.1. The van der Waals surface area contributed by atoms with Gasteiger partial charge in [-0.15, -0.1) is 0 Å². The monoisotopic (exact) mass is 699 g/mol. The molecule has 5 heteroatoms. The van der Waals surface area contributed by atoms with Crippen LogP contribution in [-0.4, -0.2) is 13.7 Å². The molecule has 0 saturated heterocycles. The lowest BCUT2D eigenvalue weighted by Crippen LogP contribution is -1.97. The molecule has 0 N–H and O–H groups in total. The number of nitrogens with zero attached hydrogens (tertiary/aromatic N) is 5. The second-order valence-electron chi connectivity index (χ2n) is 14.0. The molecule has 0 spiro atoms. The van der Waals surface area contributed by atoms with Gasteiger partial charge in [0.1, 0.15) is 6.07 Å². The maximum Gasteiger partial charge on any atom is 0.189 e. The SMILES string of the molecule is [C-]#[N+]c1cc(-c2cccc(-n3c4ccccc4c4cc(-n5c6ccccc6c6ccccc65)ccc43)c2)cc(-n2c3ccccc3c3cccc(C#N)c32)c1. The summed E-state index contributed by atoms with van der Waals surface area (Å²) in [5, 5.41) is 17.1. The minimum absolute atomic E-state index is 0.535. The van der Waals surface area contributed by atoms with Gasteiger partial charge in [-0.25, -0.2) is 4.85 Å². The number of fused-ring (bicyclic) bond motifs is 9. The van der Waals surface area contributed by atoms with E-state index in [-0.39, 0.29) is 0 Å². The lowest BCUT2D eigenvalue weighted by molar-refractivity contribution is 1.16. The van der Waals surface area contributed by atoms with E-state index >= 15 is 0 Å². The van der Waals surface area contributed by atoms with Crippen molar-refractivity contribution < 1.29 is 0 Å². The summed E-state index contributed by atoms with van der Waals surface area (Å²) in [4.78, 5) is 3.92. The molecule has 0 bridgehead atoms. The zero-order chi connectivity index (χ0) is 36.6. The number of rotatable bonds is 4. The minimum atomic E-state index is 0.535. The van der Waals surface area contributed by atoms with Crippen molar-refractivity contribution in [3.63, 3.8) is 0 Å². The summed E-state index contributed by atoms with van der Waals surface area (Å²) < 4.78 is 6.85. The van der Waals surface area contributed by atoms with Crippen LogP contribution < -0.4 is 0 Å². The van der Waals surface area contributed by atoms with Crippen LogP contribution in [0.25, 0.3) is 98.5 Å². The predicted molar refractivity (Wildman–Crippen MR) is 226 cm³/mol. The largest absolute Gasteiger partial charge is 0.309 e. The number of nitriles is 1. The zero-order valence-electron chi connectivity index (χ0n) is 29.5. The molecule has 0 aliphatic heterocycles. The third-order valence-electron chi connectivity index (χ3n) is 11.0. The van der Waals surface area contributed by atoms with E-state index in [4.69, 9.17) is 6.57 Å². The Morgan fingerprint density at radius 3 is 1.55 bits per heavy atom. The first-order chi connectivity index (χ1) is 27.2. The van der Waals surface area contributed by atoms with E-state index in [1.807, 2.05) is 36.4 Å². The van der Waals surface area contributed by atoms with E-state index < -0.39 is 0 Å². The van der Waals surface area contributed by atoms with Gasteiger partial charge in [0, 0.05) is 49.4 Å². The molecule has 254 valence electrons. The summed E-state index contributed by atoms with van der Waals surface area (Å²) in [7, 11) is 0. The second kappa shape index (κ2) is 11.8. The molecule has 0 radical (unpaired) electrons. The van der Waals surface area contributed by atoms with Gasteiger partial charge >= 0.3 is 0 Å². The first kappa shape index (κ1) is 30.7. The maximum absolute atomic E-state index is 10.2. The van der Waals surface area contributed by atoms with E-state index in [9.17, 15) is 5.26 Å². The van der Waals surface area contributed by atoms with Crippen molar-refractivity contribution in [3.8, 4) is 34.3 Å². The van der Waals surface area contributed by atoms with E-state index in [0.29, 0.717) is 11.3 Å². The summed E-state index contributed by atoms with van der Waals surface area (Å²) in [6.45, 7) is 8.08. The van der Waals surface area contributed by atoms with Gasteiger partial charge in [-0.05, 0) is 90.0 Å². The van der Waals surface area contributed by atoms with Crippen LogP contribution in [0.15, 0.2) is 176 Å². The Labute approximate surface area is 316 Å². The summed E-state index contributed by atoms with van der Waals surface area (Å²) in [5.41, 5.74) is 12.5. The molecule has 0 atom stereocenters. The van der Waals surface area contributed by atoms with Crippen LogP contribution in [0.2, 0.25) is 0 Å². The summed E-state index contributed by atoms with van der Waals surface area (Å²) in [6, 6.07) is 63.7. The van der Waals surface area contributed by atoms with Gasteiger partial charge in [-0.2, -0.15) is 5.26 Å². The number of aromatic nitrogens is 3. The third-order valence-corrected chi connectivity index (χ3v) is 11.0. The average molecular weight is 700 g/mol. The summed E-state index contributed by atoms with van der Waals surface area (Å²) in [5.74, 6) is 0. The van der Waals surface area contributed by atoms with E-state index in [1.54, 1.807) is 0 Å². The Hall–Kier alpha value is -7.86. The molecular weight excluding hydrogens is 671 g/mol. The highest BCUT2D eigenvalue weighted by Gasteiger charge is 2.19. The molecule has 0 aliphatic rings. The first-order valence-corrected chi connectivity index (χ1v) is 18.3. The topological polar surface area (TPSA) is 42.9 Å². The third kappa shape index (κ3) is 4.51. The van der Waals surface area contributed by atoms with E-state index in [1.165, 1.54) is 32.6 Å². The van der Waals surface area contributed by atoms with E-state index in [0.717, 1.165) is 61.0 Å². The van der Waals surface area contributed by atoms with Crippen molar-refractivity contribution in [1.82, 2.24) is 13.7 Å². The standard InChI is InChI=1S/C50H29N5/c1-52-35-26-34(28-38(29-35)55-48-23-9-4-17-41(48)43-19-11-13-33(31-51)50(43)55)32-12-10-14-36(27-32)53-47-22-8-5-18-42(47)44-30-37(24-25-49(44)53)54-45-20-6-2-15-39(45)40-16-3-7-21-46(40)54/h2-30H. The Morgan fingerprint density at radius 2 is 0.909 bits per heavy atom. The Morgan fingerprint density at radius 1 is 0.400 bits per heavy atom. The zero-order valence-corrected chi connectivity index (χ0v) is 29.5. The molecule has 11 rings (SSSR count). The molecule has 55 heavy (non-hydrogen) atoms. The summed E-state index contributed by atoms with van der Waals surface area (Å²) >= 11 is 0. The van der Waals surface area contributed by atoms with Gasteiger partial charge in [-0.1, -0.05) is 97.1 Å². The van der Waals surface area contributed by atoms with Gasteiger partial charge in [0.25, 0.3) is 0 Å². The molecule has 8 aromatic carbocycles. The van der Waals surface area contributed by atoms with Crippen molar-refractivity contribution in [3.05, 3.63) is 193 Å². The van der Waals surface area contributed by atoms with Crippen LogP contribution in [0, 0.1) is 17.9 Å². The van der Waals surface area contributed by atoms with Gasteiger partial charge in [-0.3, -0.25) is 0 Å². The van der Waals surface area contributed by atoms with Crippen molar-refractivity contribution in [2.45, 2.75) is 0 Å². The quantitative estimate of drug-likeness (QED) is 0.169. The molecule has 5 nitrogen and oxygen atoms in total. The molecule has 3 heterocycles. The highest BCUT2D eigenvalue weighted by molar-refractivity contribution is 6.13. The lowest BCUT2D eigenvalue weighted by Gasteiger charge is -2.14. The van der Waals surface area contributed by atoms with Crippen molar-refractivity contribution in [1.29, 1.82) is 5.26 Å². The average Bonchev–Trinajstić information content (AvgIpc) is 3.89. The van der Waals surface area contributed by atoms with Crippen molar-refractivity contribution in [2.24, 2.45) is 0 Å². The van der Waals surface area contributed by atoms with Crippen LogP contribution >= 0.6 is 0 Å². The highest BCUT2D eigenvalue weighted by atomic mass is 15.0. The molecule has 0 fully saturated rings.